The van der Waals surface area contributed by atoms with E-state index in [2.05, 4.69) is 13.8 Å². The summed E-state index contributed by atoms with van der Waals surface area (Å²) in [7, 11) is 1.49. The van der Waals surface area contributed by atoms with E-state index in [9.17, 15) is 9.59 Å². The van der Waals surface area contributed by atoms with E-state index >= 15 is 0 Å². The van der Waals surface area contributed by atoms with Crippen LogP contribution in [0.5, 0.6) is 17.2 Å². The molecule has 1 amide bonds. The Hall–Kier alpha value is -2.44. The molecule has 1 aromatic carbocycles. The highest BCUT2D eigenvalue weighted by Crippen LogP contribution is 2.40. The average molecular weight is 363 g/mol. The van der Waals surface area contributed by atoms with Gasteiger partial charge >= 0.3 is 5.97 Å². The Balaban J connectivity index is 1.64. The summed E-state index contributed by atoms with van der Waals surface area (Å²) in [6.45, 7) is 6.23. The van der Waals surface area contributed by atoms with Crippen molar-refractivity contribution in [2.24, 2.45) is 11.8 Å². The van der Waals surface area contributed by atoms with Gasteiger partial charge in [-0.05, 0) is 30.4 Å². The number of ether oxygens (including phenoxy) is 4. The van der Waals surface area contributed by atoms with Crippen LogP contribution in [0.1, 0.15) is 30.6 Å². The molecule has 2 aliphatic rings. The fourth-order valence-corrected chi connectivity index (χ4v) is 3.56. The van der Waals surface area contributed by atoms with Gasteiger partial charge in [0.25, 0.3) is 5.91 Å². The Morgan fingerprint density at radius 3 is 2.54 bits per heavy atom. The molecule has 1 aromatic rings. The highest BCUT2D eigenvalue weighted by molar-refractivity contribution is 5.92. The number of nitrogens with zero attached hydrogens (tertiary/aromatic N) is 1. The fourth-order valence-electron chi connectivity index (χ4n) is 3.56. The fraction of sp³-hybridized carbons (Fsp3) is 0.579. The molecule has 7 nitrogen and oxygen atoms in total. The van der Waals surface area contributed by atoms with E-state index in [1.54, 1.807) is 11.0 Å². The second-order valence-corrected chi connectivity index (χ2v) is 7.02. The van der Waals surface area contributed by atoms with Gasteiger partial charge in [0.2, 0.25) is 5.75 Å². The van der Waals surface area contributed by atoms with Crippen molar-refractivity contribution in [1.82, 2.24) is 4.90 Å². The third-order valence-corrected chi connectivity index (χ3v) is 4.61. The van der Waals surface area contributed by atoms with Crippen LogP contribution in [-0.4, -0.2) is 56.8 Å². The molecule has 0 radical (unpaired) electrons. The minimum Gasteiger partial charge on any atom is -0.493 e. The summed E-state index contributed by atoms with van der Waals surface area (Å²) in [6, 6.07) is 3.08. The van der Waals surface area contributed by atoms with Crippen molar-refractivity contribution in [3.63, 3.8) is 0 Å². The number of fused-ring (bicyclic) bond motifs is 1. The lowest BCUT2D eigenvalue weighted by atomic mass is 9.92. The van der Waals surface area contributed by atoms with Gasteiger partial charge in [-0.1, -0.05) is 13.8 Å². The number of rotatable bonds is 4. The molecule has 0 unspecified atom stereocenters. The minimum absolute atomic E-state index is 0.166. The zero-order valence-electron chi connectivity index (χ0n) is 15.4. The third-order valence-electron chi connectivity index (χ3n) is 4.61. The first-order valence-corrected chi connectivity index (χ1v) is 8.90. The Bertz CT molecular complexity index is 662. The molecule has 0 aromatic heterocycles. The van der Waals surface area contributed by atoms with E-state index in [1.165, 1.54) is 13.2 Å². The van der Waals surface area contributed by atoms with Crippen LogP contribution in [0.4, 0.5) is 0 Å². The van der Waals surface area contributed by atoms with Crippen LogP contribution in [-0.2, 0) is 9.53 Å². The summed E-state index contributed by atoms with van der Waals surface area (Å²) in [5, 5.41) is 0. The van der Waals surface area contributed by atoms with E-state index < -0.39 is 5.97 Å². The van der Waals surface area contributed by atoms with Gasteiger partial charge in [-0.3, -0.25) is 4.79 Å². The number of esters is 1. The van der Waals surface area contributed by atoms with Crippen molar-refractivity contribution in [2.75, 3.05) is 40.0 Å². The van der Waals surface area contributed by atoms with Crippen molar-refractivity contribution in [2.45, 2.75) is 20.3 Å². The summed E-state index contributed by atoms with van der Waals surface area (Å²) >= 11 is 0. The van der Waals surface area contributed by atoms with Crippen LogP contribution in [0.3, 0.4) is 0 Å². The molecule has 0 bridgehead atoms. The van der Waals surface area contributed by atoms with Crippen LogP contribution in [0.15, 0.2) is 12.1 Å². The lowest BCUT2D eigenvalue weighted by molar-refractivity contribution is -0.137. The van der Waals surface area contributed by atoms with Crippen LogP contribution in [0, 0.1) is 11.8 Å². The van der Waals surface area contributed by atoms with Crippen molar-refractivity contribution in [3.8, 4) is 17.2 Å². The largest absolute Gasteiger partial charge is 0.493 e. The van der Waals surface area contributed by atoms with Gasteiger partial charge in [-0.15, -0.1) is 0 Å². The Kier molecular flexibility index (Phi) is 5.54. The third kappa shape index (κ3) is 4.03. The normalized spacial score (nSPS) is 21.9. The lowest BCUT2D eigenvalue weighted by Crippen LogP contribution is -2.44. The molecule has 7 heteroatoms. The molecular formula is C19H25NO6. The molecule has 0 saturated carbocycles. The molecular weight excluding hydrogens is 338 g/mol. The topological polar surface area (TPSA) is 74.3 Å². The number of hydrogen-bond donors (Lipinski definition) is 0. The van der Waals surface area contributed by atoms with Gasteiger partial charge in [0.15, 0.2) is 18.1 Å². The molecule has 1 saturated heterocycles. The smallest absolute Gasteiger partial charge is 0.338 e. The Labute approximate surface area is 153 Å². The first kappa shape index (κ1) is 18.4. The second kappa shape index (κ2) is 7.85. The zero-order valence-corrected chi connectivity index (χ0v) is 15.4. The Morgan fingerprint density at radius 2 is 1.85 bits per heavy atom. The van der Waals surface area contributed by atoms with Crippen LogP contribution in [0.25, 0.3) is 0 Å². The van der Waals surface area contributed by atoms with Gasteiger partial charge < -0.3 is 23.8 Å². The van der Waals surface area contributed by atoms with Crippen LogP contribution >= 0.6 is 0 Å². The molecule has 0 N–H and O–H groups in total. The molecule has 0 spiro atoms. The maximum Gasteiger partial charge on any atom is 0.338 e. The van der Waals surface area contributed by atoms with E-state index in [4.69, 9.17) is 18.9 Å². The molecule has 2 atom stereocenters. The molecule has 0 aliphatic carbocycles. The molecule has 26 heavy (non-hydrogen) atoms. The quantitative estimate of drug-likeness (QED) is 0.763. The van der Waals surface area contributed by atoms with Crippen LogP contribution < -0.4 is 14.2 Å². The predicted octanol–water partition coefficient (Wildman–Crippen LogP) is 2.13. The number of carbonyl (C=O) groups is 2. The number of carbonyl (C=O) groups excluding carboxylic acids is 2. The summed E-state index contributed by atoms with van der Waals surface area (Å²) in [5.41, 5.74) is 0.263. The van der Waals surface area contributed by atoms with E-state index in [1.807, 2.05) is 0 Å². The van der Waals surface area contributed by atoms with Crippen molar-refractivity contribution >= 4 is 11.9 Å². The number of methoxy groups -OCH3 is 1. The maximum absolute atomic E-state index is 12.4. The molecule has 2 heterocycles. The number of hydrogen-bond acceptors (Lipinski definition) is 6. The summed E-state index contributed by atoms with van der Waals surface area (Å²) in [6.07, 6.45) is 1.11. The van der Waals surface area contributed by atoms with Crippen LogP contribution in [0.2, 0.25) is 0 Å². The lowest BCUT2D eigenvalue weighted by Gasteiger charge is -2.34. The van der Waals surface area contributed by atoms with Gasteiger partial charge in [0, 0.05) is 13.1 Å². The number of piperidine rings is 1. The SMILES string of the molecule is COc1cc(C(=O)OCC(=O)N2C[C@@H](C)C[C@H](C)C2)cc2c1OCCO2. The van der Waals surface area contributed by atoms with Gasteiger partial charge in [0.1, 0.15) is 13.2 Å². The number of likely N-dealkylation sites (tertiary alicyclic amines) is 1. The summed E-state index contributed by atoms with van der Waals surface area (Å²) in [5.74, 6) is 1.48. The van der Waals surface area contributed by atoms with Gasteiger partial charge in [-0.25, -0.2) is 4.79 Å². The molecule has 2 aliphatic heterocycles. The summed E-state index contributed by atoms with van der Waals surface area (Å²) in [4.78, 5) is 26.5. The monoisotopic (exact) mass is 363 g/mol. The predicted molar refractivity (Wildman–Crippen MR) is 93.8 cm³/mol. The van der Waals surface area contributed by atoms with Crippen molar-refractivity contribution in [1.29, 1.82) is 0 Å². The first-order valence-electron chi connectivity index (χ1n) is 8.90. The van der Waals surface area contributed by atoms with Crippen molar-refractivity contribution in [3.05, 3.63) is 17.7 Å². The number of amides is 1. The standard InChI is InChI=1S/C19H25NO6/c1-12-6-13(2)10-20(9-12)17(21)11-26-19(22)14-7-15(23-3)18-16(8-14)24-4-5-25-18/h7-8,12-13H,4-6,9-11H2,1-3H3/t12-,13-/m0/s1. The first-order chi connectivity index (χ1) is 12.5. The molecule has 3 rings (SSSR count). The van der Waals surface area contributed by atoms with Gasteiger partial charge in [-0.2, -0.15) is 0 Å². The van der Waals surface area contributed by atoms with E-state index in [0.29, 0.717) is 55.4 Å². The maximum atomic E-state index is 12.4. The average Bonchev–Trinajstić information content (AvgIpc) is 2.64. The van der Waals surface area contributed by atoms with E-state index in [-0.39, 0.29) is 18.1 Å². The molecule has 142 valence electrons. The van der Waals surface area contributed by atoms with Gasteiger partial charge in [0.05, 0.1) is 12.7 Å². The zero-order chi connectivity index (χ0) is 18.7. The highest BCUT2D eigenvalue weighted by Gasteiger charge is 2.27. The number of benzene rings is 1. The van der Waals surface area contributed by atoms with Crippen molar-refractivity contribution < 1.29 is 28.5 Å². The highest BCUT2D eigenvalue weighted by atomic mass is 16.6. The summed E-state index contributed by atoms with van der Waals surface area (Å²) < 4.78 is 21.5. The Morgan fingerprint density at radius 1 is 1.15 bits per heavy atom. The minimum atomic E-state index is -0.591. The molecule has 1 fully saturated rings. The second-order valence-electron chi connectivity index (χ2n) is 7.02. The van der Waals surface area contributed by atoms with E-state index in [0.717, 1.165) is 6.42 Å².